The van der Waals surface area contributed by atoms with Gasteiger partial charge in [-0.05, 0) is 31.4 Å². The van der Waals surface area contributed by atoms with Gasteiger partial charge in [0.25, 0.3) is 0 Å². The lowest BCUT2D eigenvalue weighted by atomic mass is 9.99. The van der Waals surface area contributed by atoms with Crippen molar-refractivity contribution in [3.63, 3.8) is 0 Å². The zero-order valence-electron chi connectivity index (χ0n) is 14.1. The average molecular weight is 330 g/mol. The maximum atomic E-state index is 9.38. The highest BCUT2D eigenvalue weighted by molar-refractivity contribution is 5.50. The van der Waals surface area contributed by atoms with Gasteiger partial charge in [0.05, 0.1) is 12.2 Å². The van der Waals surface area contributed by atoms with E-state index < -0.39 is 0 Å². The summed E-state index contributed by atoms with van der Waals surface area (Å²) in [6, 6.07) is 2.15. The summed E-state index contributed by atoms with van der Waals surface area (Å²) in [5.74, 6) is 1.39. The van der Waals surface area contributed by atoms with Crippen LogP contribution in [0.3, 0.4) is 0 Å². The van der Waals surface area contributed by atoms with Crippen LogP contribution >= 0.6 is 0 Å². The number of fused-ring (bicyclic) bond motifs is 1. The third kappa shape index (κ3) is 3.24. The zero-order valence-corrected chi connectivity index (χ0v) is 14.1. The number of nitrogens with zero attached hydrogens (tertiary/aromatic N) is 5. The summed E-state index contributed by atoms with van der Waals surface area (Å²) < 4.78 is 4.28. The number of hydrogen-bond acceptors (Lipinski definition) is 5. The Morgan fingerprint density at radius 1 is 1.29 bits per heavy atom. The predicted molar refractivity (Wildman–Crippen MR) is 91.4 cm³/mol. The van der Waals surface area contributed by atoms with Crippen molar-refractivity contribution in [2.75, 3.05) is 32.8 Å². The first-order valence-corrected chi connectivity index (χ1v) is 8.95. The molecule has 0 aromatic carbocycles. The van der Waals surface area contributed by atoms with Gasteiger partial charge < -0.3 is 19.9 Å². The maximum Gasteiger partial charge on any atom is 0.160 e. The van der Waals surface area contributed by atoms with Crippen molar-refractivity contribution in [1.29, 1.82) is 0 Å². The second-order valence-corrected chi connectivity index (χ2v) is 6.86. The number of aromatic nitrogens is 4. The lowest BCUT2D eigenvalue weighted by Gasteiger charge is -2.31. The zero-order chi connectivity index (χ0) is 16.4. The lowest BCUT2D eigenvalue weighted by molar-refractivity contribution is 0.118. The number of aliphatic hydroxyl groups is 1. The summed E-state index contributed by atoms with van der Waals surface area (Å²) in [6.45, 7) is 7.12. The maximum absolute atomic E-state index is 9.38. The summed E-state index contributed by atoms with van der Waals surface area (Å²) in [5, 5.41) is 17.5. The number of aliphatic hydroxyl groups excluding tert-OH is 1. The molecule has 1 atom stereocenters. The van der Waals surface area contributed by atoms with Gasteiger partial charge in [0.2, 0.25) is 0 Å². The fourth-order valence-corrected chi connectivity index (χ4v) is 3.78. The molecule has 2 aliphatic rings. The topological polar surface area (TPSA) is 71.1 Å². The molecule has 0 aliphatic carbocycles. The Labute approximate surface area is 142 Å². The Kier molecular flexibility index (Phi) is 4.64. The molecule has 0 saturated carbocycles. The summed E-state index contributed by atoms with van der Waals surface area (Å²) in [4.78, 5) is 6.99. The molecule has 2 aliphatic heterocycles. The molecule has 0 unspecified atom stereocenters. The molecular formula is C17H26N6O. The van der Waals surface area contributed by atoms with Gasteiger partial charge in [0, 0.05) is 51.7 Å². The van der Waals surface area contributed by atoms with Crippen LogP contribution in [0.15, 0.2) is 18.5 Å². The molecule has 4 rings (SSSR count). The van der Waals surface area contributed by atoms with Crippen LogP contribution in [0.5, 0.6) is 0 Å². The van der Waals surface area contributed by atoms with Gasteiger partial charge in [-0.25, -0.2) is 4.98 Å². The standard InChI is InChI=1S/C17H26N6O/c24-13-14-2-1-5-21(12-14)8-9-22-6-4-19-17(22)16-10-15-11-18-3-7-23(15)20-16/h4,6,10,14,18,24H,1-3,5,7-9,11-13H2/t14-/m1/s1. The highest BCUT2D eigenvalue weighted by Crippen LogP contribution is 2.20. The molecule has 2 aromatic rings. The third-order valence-corrected chi connectivity index (χ3v) is 5.13. The summed E-state index contributed by atoms with van der Waals surface area (Å²) in [6.07, 6.45) is 6.23. The number of piperidine rings is 1. The van der Waals surface area contributed by atoms with E-state index in [1.807, 2.05) is 12.4 Å². The minimum Gasteiger partial charge on any atom is -0.396 e. The van der Waals surface area contributed by atoms with Crippen LogP contribution in [-0.2, 0) is 19.6 Å². The monoisotopic (exact) mass is 330 g/mol. The molecule has 0 radical (unpaired) electrons. The molecule has 7 nitrogen and oxygen atoms in total. The van der Waals surface area contributed by atoms with Crippen molar-refractivity contribution in [3.05, 3.63) is 24.2 Å². The molecule has 130 valence electrons. The smallest absolute Gasteiger partial charge is 0.160 e. The van der Waals surface area contributed by atoms with E-state index in [1.54, 1.807) is 0 Å². The molecule has 2 aromatic heterocycles. The van der Waals surface area contributed by atoms with Crippen molar-refractivity contribution in [2.24, 2.45) is 5.92 Å². The van der Waals surface area contributed by atoms with Crippen LogP contribution in [0.4, 0.5) is 0 Å². The first-order valence-electron chi connectivity index (χ1n) is 8.95. The highest BCUT2D eigenvalue weighted by Gasteiger charge is 2.20. The number of hydrogen-bond donors (Lipinski definition) is 2. The van der Waals surface area contributed by atoms with Crippen LogP contribution in [0.1, 0.15) is 18.5 Å². The summed E-state index contributed by atoms with van der Waals surface area (Å²) in [5.41, 5.74) is 2.19. The summed E-state index contributed by atoms with van der Waals surface area (Å²) >= 11 is 0. The van der Waals surface area contributed by atoms with Crippen molar-refractivity contribution in [2.45, 2.75) is 32.5 Å². The van der Waals surface area contributed by atoms with Crippen LogP contribution < -0.4 is 5.32 Å². The SMILES string of the molecule is OC[C@@H]1CCCN(CCn2ccnc2-c2cc3n(n2)CCNC3)C1. The minimum absolute atomic E-state index is 0.307. The number of imidazole rings is 1. The van der Waals surface area contributed by atoms with Crippen LogP contribution in [0.2, 0.25) is 0 Å². The Hall–Kier alpha value is -1.70. The van der Waals surface area contributed by atoms with Gasteiger partial charge >= 0.3 is 0 Å². The van der Waals surface area contributed by atoms with E-state index >= 15 is 0 Å². The van der Waals surface area contributed by atoms with Crippen molar-refractivity contribution < 1.29 is 5.11 Å². The Balaban J connectivity index is 1.44. The molecule has 2 N–H and O–H groups in total. The number of nitrogens with one attached hydrogen (secondary N) is 1. The first-order chi connectivity index (χ1) is 11.8. The molecule has 0 spiro atoms. The second kappa shape index (κ2) is 7.04. The van der Waals surface area contributed by atoms with E-state index in [4.69, 9.17) is 5.10 Å². The summed E-state index contributed by atoms with van der Waals surface area (Å²) in [7, 11) is 0. The quantitative estimate of drug-likeness (QED) is 0.838. The van der Waals surface area contributed by atoms with E-state index in [1.165, 1.54) is 12.1 Å². The number of rotatable bonds is 5. The Morgan fingerprint density at radius 3 is 3.12 bits per heavy atom. The molecule has 0 bridgehead atoms. The molecule has 1 fully saturated rings. The highest BCUT2D eigenvalue weighted by atomic mass is 16.3. The van der Waals surface area contributed by atoms with Gasteiger partial charge in [0.15, 0.2) is 5.82 Å². The van der Waals surface area contributed by atoms with Gasteiger partial charge in [-0.3, -0.25) is 4.68 Å². The van der Waals surface area contributed by atoms with E-state index in [0.29, 0.717) is 12.5 Å². The van der Waals surface area contributed by atoms with Gasteiger partial charge in [0.1, 0.15) is 5.69 Å². The first kappa shape index (κ1) is 15.8. The minimum atomic E-state index is 0.307. The molecule has 24 heavy (non-hydrogen) atoms. The Morgan fingerprint density at radius 2 is 2.25 bits per heavy atom. The third-order valence-electron chi connectivity index (χ3n) is 5.13. The van der Waals surface area contributed by atoms with Crippen molar-refractivity contribution in [3.8, 4) is 11.5 Å². The van der Waals surface area contributed by atoms with Crippen molar-refractivity contribution in [1.82, 2.24) is 29.5 Å². The molecule has 1 saturated heterocycles. The van der Waals surface area contributed by atoms with Crippen molar-refractivity contribution >= 4 is 0 Å². The van der Waals surface area contributed by atoms with Gasteiger partial charge in [-0.2, -0.15) is 5.10 Å². The van der Waals surface area contributed by atoms with Gasteiger partial charge in [-0.1, -0.05) is 0 Å². The number of likely N-dealkylation sites (tertiary alicyclic amines) is 1. The molecular weight excluding hydrogens is 304 g/mol. The van der Waals surface area contributed by atoms with E-state index in [2.05, 4.69) is 30.5 Å². The molecule has 0 amide bonds. The normalized spacial score (nSPS) is 21.8. The fraction of sp³-hybridized carbons (Fsp3) is 0.647. The Bertz CT molecular complexity index is 655. The van der Waals surface area contributed by atoms with Crippen LogP contribution in [0, 0.1) is 5.92 Å². The van der Waals surface area contributed by atoms with E-state index in [0.717, 1.165) is 63.8 Å². The second-order valence-electron chi connectivity index (χ2n) is 6.86. The fourth-order valence-electron chi connectivity index (χ4n) is 3.78. The lowest BCUT2D eigenvalue weighted by Crippen LogP contribution is -2.38. The van der Waals surface area contributed by atoms with E-state index in [-0.39, 0.29) is 0 Å². The van der Waals surface area contributed by atoms with Crippen LogP contribution in [-0.4, -0.2) is 62.1 Å². The average Bonchev–Trinajstić information content (AvgIpc) is 3.26. The molecule has 7 heteroatoms. The largest absolute Gasteiger partial charge is 0.396 e. The predicted octanol–water partition coefficient (Wildman–Crippen LogP) is 0.554. The van der Waals surface area contributed by atoms with E-state index in [9.17, 15) is 5.11 Å². The molecule has 4 heterocycles. The van der Waals surface area contributed by atoms with Gasteiger partial charge in [-0.15, -0.1) is 0 Å². The van der Waals surface area contributed by atoms with Crippen LogP contribution in [0.25, 0.3) is 11.5 Å².